The van der Waals surface area contributed by atoms with E-state index in [0.717, 1.165) is 10.6 Å². The monoisotopic (exact) mass is 293 g/mol. The second kappa shape index (κ2) is 5.66. The smallest absolute Gasteiger partial charge is 0.231 e. The van der Waals surface area contributed by atoms with E-state index in [1.54, 1.807) is 12.1 Å². The minimum atomic E-state index is -0.469. The van der Waals surface area contributed by atoms with Crippen molar-refractivity contribution >= 4 is 22.4 Å². The van der Waals surface area contributed by atoms with Gasteiger partial charge < -0.3 is 5.32 Å². The van der Waals surface area contributed by atoms with E-state index in [4.69, 9.17) is 0 Å². The Balaban J connectivity index is 2.02. The number of amides is 1. The standard InChI is InChI=1S/C14H16FN3OS/c1-14(2,3)12(19)16-13-18-17-11(20-13)8-9-4-6-10(15)7-5-9/h4-7H,8H2,1-3H3,(H,16,18,19). The highest BCUT2D eigenvalue weighted by molar-refractivity contribution is 7.15. The van der Waals surface area contributed by atoms with Gasteiger partial charge in [-0.15, -0.1) is 10.2 Å². The third-order valence-electron chi connectivity index (χ3n) is 2.64. The van der Waals surface area contributed by atoms with Gasteiger partial charge in [0, 0.05) is 11.8 Å². The molecule has 0 bridgehead atoms. The lowest BCUT2D eigenvalue weighted by Gasteiger charge is -2.15. The first-order valence-corrected chi connectivity index (χ1v) is 7.04. The molecule has 0 aliphatic carbocycles. The molecule has 0 aliphatic rings. The molecule has 1 aromatic heterocycles. The first-order valence-electron chi connectivity index (χ1n) is 6.23. The third kappa shape index (κ3) is 3.84. The van der Waals surface area contributed by atoms with Gasteiger partial charge in [0.2, 0.25) is 11.0 Å². The molecule has 2 rings (SSSR count). The molecule has 20 heavy (non-hydrogen) atoms. The molecule has 0 unspecified atom stereocenters. The number of hydrogen-bond acceptors (Lipinski definition) is 4. The average Bonchev–Trinajstić information content (AvgIpc) is 2.78. The zero-order valence-corrected chi connectivity index (χ0v) is 12.4. The van der Waals surface area contributed by atoms with Crippen molar-refractivity contribution in [3.63, 3.8) is 0 Å². The molecule has 1 N–H and O–H groups in total. The zero-order valence-electron chi connectivity index (χ0n) is 11.6. The number of aromatic nitrogens is 2. The summed E-state index contributed by atoms with van der Waals surface area (Å²) >= 11 is 1.33. The van der Waals surface area contributed by atoms with Gasteiger partial charge in [-0.3, -0.25) is 4.79 Å². The van der Waals surface area contributed by atoms with Crippen LogP contribution in [0.15, 0.2) is 24.3 Å². The highest BCUT2D eigenvalue weighted by Gasteiger charge is 2.22. The average molecular weight is 293 g/mol. The van der Waals surface area contributed by atoms with Crippen LogP contribution in [0, 0.1) is 11.2 Å². The molecule has 1 heterocycles. The van der Waals surface area contributed by atoms with E-state index in [2.05, 4.69) is 15.5 Å². The number of rotatable bonds is 3. The summed E-state index contributed by atoms with van der Waals surface area (Å²) in [6.45, 7) is 5.51. The second-order valence-corrected chi connectivity index (χ2v) is 6.57. The van der Waals surface area contributed by atoms with Crippen molar-refractivity contribution in [3.05, 3.63) is 40.7 Å². The van der Waals surface area contributed by atoms with E-state index in [9.17, 15) is 9.18 Å². The van der Waals surface area contributed by atoms with Crippen LogP contribution in [0.4, 0.5) is 9.52 Å². The number of carbonyl (C=O) groups excluding carboxylic acids is 1. The summed E-state index contributed by atoms with van der Waals surface area (Å²) in [6, 6.07) is 6.26. The van der Waals surface area contributed by atoms with Crippen LogP contribution in [0.2, 0.25) is 0 Å². The van der Waals surface area contributed by atoms with Gasteiger partial charge in [-0.05, 0) is 17.7 Å². The Kier molecular flexibility index (Phi) is 4.13. The van der Waals surface area contributed by atoms with Gasteiger partial charge in [0.25, 0.3) is 0 Å². The van der Waals surface area contributed by atoms with E-state index in [-0.39, 0.29) is 11.7 Å². The fourth-order valence-corrected chi connectivity index (χ4v) is 2.21. The maximum Gasteiger partial charge on any atom is 0.231 e. The normalized spacial score (nSPS) is 11.4. The molecule has 0 saturated heterocycles. The summed E-state index contributed by atoms with van der Waals surface area (Å²) in [6.07, 6.45) is 0.573. The number of halogens is 1. The van der Waals surface area contributed by atoms with Gasteiger partial charge in [0.05, 0.1) is 0 Å². The van der Waals surface area contributed by atoms with Crippen LogP contribution in [-0.4, -0.2) is 16.1 Å². The number of nitrogens with one attached hydrogen (secondary N) is 1. The minimum absolute atomic E-state index is 0.0954. The van der Waals surface area contributed by atoms with Crippen molar-refractivity contribution in [2.24, 2.45) is 5.41 Å². The van der Waals surface area contributed by atoms with E-state index in [1.165, 1.54) is 23.5 Å². The summed E-state index contributed by atoms with van der Waals surface area (Å²) in [4.78, 5) is 11.8. The van der Waals surface area contributed by atoms with E-state index in [1.807, 2.05) is 20.8 Å². The van der Waals surface area contributed by atoms with Crippen molar-refractivity contribution in [3.8, 4) is 0 Å². The Hall–Kier alpha value is -1.82. The highest BCUT2D eigenvalue weighted by Crippen LogP contribution is 2.22. The summed E-state index contributed by atoms with van der Waals surface area (Å²) in [5.41, 5.74) is 0.485. The first kappa shape index (κ1) is 14.6. The molecule has 1 aromatic carbocycles. The van der Waals surface area contributed by atoms with Crippen molar-refractivity contribution < 1.29 is 9.18 Å². The topological polar surface area (TPSA) is 54.9 Å². The maximum atomic E-state index is 12.8. The van der Waals surface area contributed by atoms with Crippen LogP contribution in [0.25, 0.3) is 0 Å². The van der Waals surface area contributed by atoms with Crippen molar-refractivity contribution in [1.82, 2.24) is 10.2 Å². The molecule has 0 radical (unpaired) electrons. The van der Waals surface area contributed by atoms with Crippen LogP contribution in [0.3, 0.4) is 0 Å². The van der Waals surface area contributed by atoms with Gasteiger partial charge >= 0.3 is 0 Å². The zero-order chi connectivity index (χ0) is 14.8. The Labute approximate surface area is 121 Å². The number of benzene rings is 1. The largest absolute Gasteiger partial charge is 0.300 e. The van der Waals surface area contributed by atoms with Crippen molar-refractivity contribution in [2.45, 2.75) is 27.2 Å². The molecule has 0 saturated carbocycles. The highest BCUT2D eigenvalue weighted by atomic mass is 32.1. The lowest BCUT2D eigenvalue weighted by molar-refractivity contribution is -0.123. The molecule has 0 fully saturated rings. The lowest BCUT2D eigenvalue weighted by atomic mass is 9.96. The van der Waals surface area contributed by atoms with Crippen molar-refractivity contribution in [2.75, 3.05) is 5.32 Å². The van der Waals surface area contributed by atoms with E-state index >= 15 is 0 Å². The number of carbonyl (C=O) groups is 1. The third-order valence-corrected chi connectivity index (χ3v) is 3.48. The van der Waals surface area contributed by atoms with Crippen molar-refractivity contribution in [1.29, 1.82) is 0 Å². The summed E-state index contributed by atoms with van der Waals surface area (Å²) in [7, 11) is 0. The molecule has 4 nitrogen and oxygen atoms in total. The number of anilines is 1. The van der Waals surface area contributed by atoms with Gasteiger partial charge in [0.1, 0.15) is 10.8 Å². The van der Waals surface area contributed by atoms with Crippen LogP contribution in [0.1, 0.15) is 31.3 Å². The molecule has 2 aromatic rings. The number of nitrogens with zero attached hydrogens (tertiary/aromatic N) is 2. The Morgan fingerprint density at radius 1 is 1.25 bits per heavy atom. The Bertz CT molecular complexity index is 602. The SMILES string of the molecule is CC(C)(C)C(=O)Nc1nnc(Cc2ccc(F)cc2)s1. The first-order chi connectivity index (χ1) is 9.34. The van der Waals surface area contributed by atoms with Gasteiger partial charge in [-0.2, -0.15) is 0 Å². The maximum absolute atomic E-state index is 12.8. The molecule has 0 atom stereocenters. The van der Waals surface area contributed by atoms with E-state index in [0.29, 0.717) is 11.6 Å². The Morgan fingerprint density at radius 2 is 1.90 bits per heavy atom. The van der Waals surface area contributed by atoms with Crippen LogP contribution in [0.5, 0.6) is 0 Å². The van der Waals surface area contributed by atoms with Gasteiger partial charge in [-0.1, -0.05) is 44.2 Å². The lowest BCUT2D eigenvalue weighted by Crippen LogP contribution is -2.27. The molecular formula is C14H16FN3OS. The van der Waals surface area contributed by atoms with E-state index < -0.39 is 5.41 Å². The second-order valence-electron chi connectivity index (χ2n) is 5.51. The molecule has 1 amide bonds. The van der Waals surface area contributed by atoms with Crippen LogP contribution >= 0.6 is 11.3 Å². The molecule has 106 valence electrons. The van der Waals surface area contributed by atoms with Gasteiger partial charge in [0.15, 0.2) is 0 Å². The predicted octanol–water partition coefficient (Wildman–Crippen LogP) is 3.25. The summed E-state index contributed by atoms with van der Waals surface area (Å²) < 4.78 is 12.8. The Morgan fingerprint density at radius 3 is 2.50 bits per heavy atom. The number of hydrogen-bond donors (Lipinski definition) is 1. The summed E-state index contributed by atoms with van der Waals surface area (Å²) in [5, 5.41) is 12.0. The fourth-order valence-electron chi connectivity index (χ4n) is 1.44. The molecule has 0 aliphatic heterocycles. The predicted molar refractivity (Wildman–Crippen MR) is 77.2 cm³/mol. The molecular weight excluding hydrogens is 277 g/mol. The fraction of sp³-hybridized carbons (Fsp3) is 0.357. The minimum Gasteiger partial charge on any atom is -0.300 e. The summed E-state index contributed by atoms with van der Waals surface area (Å²) in [5.74, 6) is -0.355. The molecule has 6 heteroatoms. The quantitative estimate of drug-likeness (QED) is 0.945. The molecule has 0 spiro atoms. The van der Waals surface area contributed by atoms with Crippen LogP contribution in [-0.2, 0) is 11.2 Å². The van der Waals surface area contributed by atoms with Crippen LogP contribution < -0.4 is 5.32 Å². The van der Waals surface area contributed by atoms with Gasteiger partial charge in [-0.25, -0.2) is 4.39 Å².